The van der Waals surface area contributed by atoms with E-state index in [1.165, 1.54) is 7.11 Å². The van der Waals surface area contributed by atoms with Crippen LogP contribution in [0.15, 0.2) is 0 Å². The molecular formula is C2H6O3. The SMILES string of the molecule is COC[O].[OH]. The molecule has 3 nitrogen and oxygen atoms in total. The predicted molar refractivity (Wildman–Crippen MR) is 14.5 cm³/mol. The van der Waals surface area contributed by atoms with Crippen molar-refractivity contribution in [3.63, 3.8) is 0 Å². The fourth-order valence-corrected chi connectivity index (χ4v) is 0. The van der Waals surface area contributed by atoms with E-state index in [1.807, 2.05) is 0 Å². The number of hydrogen-bond donors (Lipinski definition) is 1. The summed E-state index contributed by atoms with van der Waals surface area (Å²) in [5.74, 6) is 0. The molecule has 0 aliphatic carbocycles. The number of hydrogen-bond acceptors (Lipinski definition) is 1. The highest BCUT2D eigenvalue weighted by Gasteiger charge is 1.55. The van der Waals surface area contributed by atoms with Gasteiger partial charge in [0.05, 0.1) is 0 Å². The molecule has 0 rings (SSSR count). The van der Waals surface area contributed by atoms with Crippen LogP contribution in [0.2, 0.25) is 0 Å². The number of methoxy groups -OCH3 is 1. The summed E-state index contributed by atoms with van der Waals surface area (Å²) >= 11 is 0. The van der Waals surface area contributed by atoms with Crippen molar-refractivity contribution in [1.82, 2.24) is 0 Å². The van der Waals surface area contributed by atoms with Crippen molar-refractivity contribution in [2.24, 2.45) is 0 Å². The maximum atomic E-state index is 9.08. The molecule has 2 radical (unpaired) electrons. The molecule has 0 atom stereocenters. The Bertz CT molecular complexity index is 6.85. The summed E-state index contributed by atoms with van der Waals surface area (Å²) in [7, 11) is 1.37. The van der Waals surface area contributed by atoms with Gasteiger partial charge in [-0.1, -0.05) is 0 Å². The minimum atomic E-state index is -0.431. The monoisotopic (exact) mass is 78.0 g/mol. The smallest absolute Gasteiger partial charge is 0.180 e. The summed E-state index contributed by atoms with van der Waals surface area (Å²) in [6.45, 7) is -0.431. The molecule has 3 heteroatoms. The van der Waals surface area contributed by atoms with E-state index in [-0.39, 0.29) is 5.48 Å². The van der Waals surface area contributed by atoms with Crippen LogP contribution in [0.1, 0.15) is 0 Å². The van der Waals surface area contributed by atoms with Crippen LogP contribution in [0.4, 0.5) is 0 Å². The molecule has 0 unspecified atom stereocenters. The first-order valence-electron chi connectivity index (χ1n) is 0.986. The standard InChI is InChI=1S/C2H5O2.HO/c1-4-2-3;/h2H2,1H3;1H. The maximum absolute atomic E-state index is 9.08. The first-order valence-corrected chi connectivity index (χ1v) is 0.986. The highest BCUT2D eigenvalue weighted by atomic mass is 16.6. The lowest BCUT2D eigenvalue weighted by molar-refractivity contribution is -0.0165. The van der Waals surface area contributed by atoms with Crippen LogP contribution in [-0.2, 0) is 9.84 Å². The third-order valence-electron chi connectivity index (χ3n) is 0.118. The number of ether oxygens (including phenoxy) is 1. The van der Waals surface area contributed by atoms with Crippen LogP contribution in [0.25, 0.3) is 0 Å². The molecule has 0 fully saturated rings. The van der Waals surface area contributed by atoms with Crippen molar-refractivity contribution in [1.29, 1.82) is 0 Å². The summed E-state index contributed by atoms with van der Waals surface area (Å²) < 4.78 is 3.99. The molecule has 0 saturated carbocycles. The predicted octanol–water partition coefficient (Wildman–Crippen LogP) is -0.156. The summed E-state index contributed by atoms with van der Waals surface area (Å²) in [6.07, 6.45) is 0. The van der Waals surface area contributed by atoms with Crippen molar-refractivity contribution in [2.75, 3.05) is 13.9 Å². The zero-order chi connectivity index (χ0) is 3.41. The Balaban J connectivity index is 0. The lowest BCUT2D eigenvalue weighted by Crippen LogP contribution is -1.76. The van der Waals surface area contributed by atoms with Gasteiger partial charge in [-0.2, -0.15) is 0 Å². The Hall–Kier alpha value is -0.120. The largest absolute Gasteiger partial charge is 0.355 e. The van der Waals surface area contributed by atoms with Crippen LogP contribution in [0.3, 0.4) is 0 Å². The molecule has 0 spiro atoms. The molecule has 0 bridgehead atoms. The molecule has 5 heavy (non-hydrogen) atoms. The quantitative estimate of drug-likeness (QED) is 0.435. The van der Waals surface area contributed by atoms with E-state index in [2.05, 4.69) is 4.74 Å². The van der Waals surface area contributed by atoms with Gasteiger partial charge in [-0.3, -0.25) is 5.48 Å². The molecule has 1 N–H and O–H groups in total. The zero-order valence-corrected chi connectivity index (χ0v) is 2.97. The molecule has 0 aromatic rings. The van der Waals surface area contributed by atoms with Gasteiger partial charge in [0.25, 0.3) is 0 Å². The molecule has 0 amide bonds. The average molecular weight is 78.1 g/mol. The van der Waals surface area contributed by atoms with Gasteiger partial charge in [0.15, 0.2) is 6.79 Å². The first-order chi connectivity index (χ1) is 1.91. The van der Waals surface area contributed by atoms with E-state index in [4.69, 9.17) is 5.11 Å². The fourth-order valence-electron chi connectivity index (χ4n) is 0. The molecule has 32 valence electrons. The first kappa shape index (κ1) is 8.86. The Morgan fingerprint density at radius 3 is 2.00 bits per heavy atom. The van der Waals surface area contributed by atoms with Crippen molar-refractivity contribution in [3.8, 4) is 0 Å². The van der Waals surface area contributed by atoms with Crippen molar-refractivity contribution in [3.05, 3.63) is 0 Å². The van der Waals surface area contributed by atoms with E-state index >= 15 is 0 Å². The van der Waals surface area contributed by atoms with Gasteiger partial charge in [-0.15, -0.1) is 0 Å². The van der Waals surface area contributed by atoms with E-state index < -0.39 is 6.79 Å². The van der Waals surface area contributed by atoms with Crippen LogP contribution in [0.5, 0.6) is 0 Å². The molecule has 0 aromatic heterocycles. The second-order valence-corrected chi connectivity index (χ2v) is 0.407. The summed E-state index contributed by atoms with van der Waals surface area (Å²) in [6, 6.07) is 0. The molecule has 0 heterocycles. The van der Waals surface area contributed by atoms with E-state index in [0.29, 0.717) is 0 Å². The van der Waals surface area contributed by atoms with Gasteiger partial charge in [-0.25, -0.2) is 5.11 Å². The minimum Gasteiger partial charge on any atom is -0.355 e. The van der Waals surface area contributed by atoms with Gasteiger partial charge in [0.2, 0.25) is 0 Å². The summed E-state index contributed by atoms with van der Waals surface area (Å²) in [5, 5.41) is 9.08. The molecular weight excluding hydrogens is 72.0 g/mol. The second-order valence-electron chi connectivity index (χ2n) is 0.407. The normalized spacial score (nSPS) is 6.00. The topological polar surface area (TPSA) is 59.1 Å². The fraction of sp³-hybridized carbons (Fsp3) is 1.00. The lowest BCUT2D eigenvalue weighted by atomic mass is 11.4. The van der Waals surface area contributed by atoms with Crippen LogP contribution in [0, 0.1) is 0 Å². The van der Waals surface area contributed by atoms with Crippen LogP contribution in [-0.4, -0.2) is 19.4 Å². The summed E-state index contributed by atoms with van der Waals surface area (Å²) in [4.78, 5) is 0. The molecule has 0 aromatic carbocycles. The van der Waals surface area contributed by atoms with E-state index in [9.17, 15) is 0 Å². The highest BCUT2D eigenvalue weighted by Crippen LogP contribution is 1.48. The van der Waals surface area contributed by atoms with Crippen LogP contribution >= 0.6 is 0 Å². The second kappa shape index (κ2) is 9.11. The van der Waals surface area contributed by atoms with Gasteiger partial charge >= 0.3 is 0 Å². The Labute approximate surface area is 30.5 Å². The maximum Gasteiger partial charge on any atom is 0.180 e. The van der Waals surface area contributed by atoms with Crippen LogP contribution < -0.4 is 0 Å². The zero-order valence-electron chi connectivity index (χ0n) is 2.97. The number of rotatable bonds is 1. The highest BCUT2D eigenvalue weighted by molar-refractivity contribution is 3.71. The Kier molecular flexibility index (Phi) is 16.1. The van der Waals surface area contributed by atoms with Gasteiger partial charge < -0.3 is 4.74 Å². The van der Waals surface area contributed by atoms with E-state index in [1.54, 1.807) is 0 Å². The van der Waals surface area contributed by atoms with Crippen molar-refractivity contribution < 1.29 is 15.3 Å². The van der Waals surface area contributed by atoms with Crippen molar-refractivity contribution in [2.45, 2.75) is 0 Å². The van der Waals surface area contributed by atoms with Gasteiger partial charge in [-0.05, 0) is 0 Å². The van der Waals surface area contributed by atoms with Crippen molar-refractivity contribution >= 4 is 0 Å². The van der Waals surface area contributed by atoms with E-state index in [0.717, 1.165) is 0 Å². The molecule has 0 aliphatic heterocycles. The lowest BCUT2D eigenvalue weighted by Gasteiger charge is -1.72. The van der Waals surface area contributed by atoms with Gasteiger partial charge in [0, 0.05) is 7.11 Å². The Morgan fingerprint density at radius 2 is 2.00 bits per heavy atom. The Morgan fingerprint density at radius 1 is 1.80 bits per heavy atom. The third kappa shape index (κ3) is 17.7. The third-order valence-corrected chi connectivity index (χ3v) is 0.118. The van der Waals surface area contributed by atoms with Gasteiger partial charge in [0.1, 0.15) is 0 Å². The summed E-state index contributed by atoms with van der Waals surface area (Å²) in [5.41, 5.74) is 0. The molecule has 0 saturated heterocycles. The molecule has 0 aliphatic rings. The minimum absolute atomic E-state index is 0. The average Bonchev–Trinajstić information content (AvgIpc) is 1.37.